The number of ether oxygens (including phenoxy) is 4. The van der Waals surface area contributed by atoms with Crippen LogP contribution in [0.4, 0.5) is 15.0 Å². The summed E-state index contributed by atoms with van der Waals surface area (Å²) in [4.78, 5) is 33.5. The van der Waals surface area contributed by atoms with E-state index in [1.165, 1.54) is 6.20 Å². The Hall–Kier alpha value is -2.54. The zero-order valence-corrected chi connectivity index (χ0v) is 25.9. The molecular formula is C30H40ClFN6O5. The zero-order valence-electron chi connectivity index (χ0n) is 25.1. The van der Waals surface area contributed by atoms with Crippen LogP contribution >= 0.6 is 11.6 Å². The summed E-state index contributed by atoms with van der Waals surface area (Å²) in [6, 6.07) is -0.0374. The number of rotatable bonds is 0. The second-order valence-corrected chi connectivity index (χ2v) is 14.1. The number of halogens is 2. The van der Waals surface area contributed by atoms with Crippen molar-refractivity contribution in [3.8, 4) is 6.01 Å². The number of carbonyl (C=O) groups excluding carboxylic acids is 1. The van der Waals surface area contributed by atoms with E-state index in [1.54, 1.807) is 0 Å². The van der Waals surface area contributed by atoms with E-state index in [2.05, 4.69) is 19.8 Å². The molecule has 13 heteroatoms. The lowest BCUT2D eigenvalue weighted by atomic mass is 9.94. The monoisotopic (exact) mass is 618 g/mol. The lowest BCUT2D eigenvalue weighted by Gasteiger charge is -2.49. The minimum absolute atomic E-state index is 0.0681. The van der Waals surface area contributed by atoms with Crippen molar-refractivity contribution in [1.29, 1.82) is 0 Å². The fourth-order valence-electron chi connectivity index (χ4n) is 7.83. The maximum absolute atomic E-state index is 15.4. The molecule has 4 fully saturated rings. The van der Waals surface area contributed by atoms with E-state index in [-0.39, 0.29) is 40.5 Å². The van der Waals surface area contributed by atoms with Gasteiger partial charge in [0, 0.05) is 39.0 Å². The number of pyridine rings is 1. The Morgan fingerprint density at radius 1 is 1.14 bits per heavy atom. The van der Waals surface area contributed by atoms with Crippen molar-refractivity contribution in [2.24, 2.45) is 0 Å². The average molecular weight is 619 g/mol. The van der Waals surface area contributed by atoms with E-state index in [1.807, 2.05) is 25.7 Å². The predicted molar refractivity (Wildman–Crippen MR) is 157 cm³/mol. The predicted octanol–water partition coefficient (Wildman–Crippen LogP) is 4.20. The summed E-state index contributed by atoms with van der Waals surface area (Å²) in [6.07, 6.45) is 6.52. The van der Waals surface area contributed by atoms with E-state index in [9.17, 15) is 4.79 Å². The average Bonchev–Trinajstić information content (AvgIpc) is 3.57. The molecule has 4 saturated heterocycles. The number of hydrogen-bond donors (Lipinski definition) is 0. The number of piperazine rings is 1. The van der Waals surface area contributed by atoms with Gasteiger partial charge in [0.2, 0.25) is 0 Å². The molecule has 2 aromatic rings. The number of carbonyl (C=O) groups is 1. The van der Waals surface area contributed by atoms with Gasteiger partial charge in [-0.2, -0.15) is 9.97 Å². The first-order chi connectivity index (χ1) is 20.6. The van der Waals surface area contributed by atoms with Gasteiger partial charge in [-0.1, -0.05) is 11.6 Å². The van der Waals surface area contributed by atoms with Crippen LogP contribution in [-0.4, -0.2) is 112 Å². The zero-order chi connectivity index (χ0) is 30.0. The van der Waals surface area contributed by atoms with Crippen molar-refractivity contribution in [2.75, 3.05) is 57.5 Å². The molecule has 7 rings (SSSR count). The Morgan fingerprint density at radius 3 is 2.84 bits per heavy atom. The molecule has 5 aliphatic rings. The molecule has 7 bridgehead atoms. The van der Waals surface area contributed by atoms with Crippen LogP contribution in [0.25, 0.3) is 10.9 Å². The lowest BCUT2D eigenvalue weighted by Crippen LogP contribution is -2.66. The summed E-state index contributed by atoms with van der Waals surface area (Å²) in [5.41, 5.74) is -1.38. The summed E-state index contributed by atoms with van der Waals surface area (Å²) in [5, 5.41) is 0.195. The third-order valence-corrected chi connectivity index (χ3v) is 9.89. The summed E-state index contributed by atoms with van der Waals surface area (Å²) in [5.74, 6) is -0.192. The van der Waals surface area contributed by atoms with Crippen LogP contribution in [0.3, 0.4) is 0 Å². The van der Waals surface area contributed by atoms with Crippen LogP contribution in [0.1, 0.15) is 59.3 Å². The molecule has 2 aromatic heterocycles. The van der Waals surface area contributed by atoms with Gasteiger partial charge in [0.15, 0.2) is 11.0 Å². The smallest absolute Gasteiger partial charge is 0.411 e. The minimum Gasteiger partial charge on any atom is -0.461 e. The van der Waals surface area contributed by atoms with Gasteiger partial charge < -0.3 is 23.8 Å². The fourth-order valence-corrected chi connectivity index (χ4v) is 7.97. The van der Waals surface area contributed by atoms with Crippen LogP contribution in [0.15, 0.2) is 6.20 Å². The Balaban J connectivity index is 1.29. The minimum atomic E-state index is -0.707. The summed E-state index contributed by atoms with van der Waals surface area (Å²) in [6.45, 7) is 10.2. The van der Waals surface area contributed by atoms with Crippen LogP contribution < -0.4 is 9.64 Å². The van der Waals surface area contributed by atoms with E-state index in [0.717, 1.165) is 51.6 Å². The highest BCUT2D eigenvalue weighted by Crippen LogP contribution is 2.44. The molecule has 2 spiro atoms. The number of nitrogens with zero attached hydrogens (tertiary/aromatic N) is 6. The van der Waals surface area contributed by atoms with Crippen molar-refractivity contribution in [3.63, 3.8) is 0 Å². The molecule has 5 aliphatic heterocycles. The van der Waals surface area contributed by atoms with E-state index in [0.29, 0.717) is 50.7 Å². The molecule has 0 N–H and O–H groups in total. The SMILES string of the molecule is CC(C)(C)OC(=O)N1[C@H]2CC[C@@]13COCCCO[C@H]1CN4CCC[C@]4(COc4nc(c5cnc(Cl)c(F)c5n4)N(C2)C3)C1. The van der Waals surface area contributed by atoms with Crippen LogP contribution in [0, 0.1) is 5.82 Å². The fraction of sp³-hybridized carbons (Fsp3) is 0.733. The van der Waals surface area contributed by atoms with Gasteiger partial charge in [-0.3, -0.25) is 9.80 Å². The first-order valence-electron chi connectivity index (χ1n) is 15.4. The summed E-state index contributed by atoms with van der Waals surface area (Å²) >= 11 is 6.11. The quantitative estimate of drug-likeness (QED) is 0.399. The van der Waals surface area contributed by atoms with E-state index >= 15 is 4.39 Å². The largest absolute Gasteiger partial charge is 0.461 e. The maximum Gasteiger partial charge on any atom is 0.411 e. The lowest BCUT2D eigenvalue weighted by molar-refractivity contribution is -0.0373. The van der Waals surface area contributed by atoms with Gasteiger partial charge in [0.25, 0.3) is 0 Å². The first-order valence-corrected chi connectivity index (χ1v) is 15.8. The van der Waals surface area contributed by atoms with Crippen molar-refractivity contribution >= 4 is 34.4 Å². The number of aromatic nitrogens is 3. The van der Waals surface area contributed by atoms with Gasteiger partial charge in [0.1, 0.15) is 23.5 Å². The summed E-state index contributed by atoms with van der Waals surface area (Å²) < 4.78 is 40.3. The van der Waals surface area contributed by atoms with Crippen molar-refractivity contribution in [2.45, 2.75) is 88.1 Å². The number of fused-ring (bicyclic) bond motifs is 8. The van der Waals surface area contributed by atoms with Crippen molar-refractivity contribution < 1.29 is 28.1 Å². The topological polar surface area (TPSA) is 102 Å². The highest BCUT2D eigenvalue weighted by molar-refractivity contribution is 6.30. The molecule has 0 saturated carbocycles. The normalized spacial score (nSPS) is 31.6. The molecule has 0 aliphatic carbocycles. The van der Waals surface area contributed by atoms with Gasteiger partial charge >= 0.3 is 12.1 Å². The van der Waals surface area contributed by atoms with Gasteiger partial charge in [-0.25, -0.2) is 14.2 Å². The van der Waals surface area contributed by atoms with E-state index < -0.39 is 17.0 Å². The maximum atomic E-state index is 15.4. The Kier molecular flexibility index (Phi) is 7.34. The van der Waals surface area contributed by atoms with Gasteiger partial charge in [-0.05, 0) is 65.8 Å². The molecule has 4 atom stereocenters. The highest BCUT2D eigenvalue weighted by Gasteiger charge is 2.55. The number of amides is 1. The van der Waals surface area contributed by atoms with Gasteiger partial charge in [-0.15, -0.1) is 0 Å². The Labute approximate surface area is 256 Å². The second kappa shape index (κ2) is 10.8. The second-order valence-electron chi connectivity index (χ2n) is 13.8. The van der Waals surface area contributed by atoms with E-state index in [4.69, 9.17) is 35.5 Å². The molecule has 7 heterocycles. The number of hydrogen-bond acceptors (Lipinski definition) is 10. The molecule has 11 nitrogen and oxygen atoms in total. The van der Waals surface area contributed by atoms with Gasteiger partial charge in [0.05, 0.1) is 35.2 Å². The molecule has 234 valence electrons. The first kappa shape index (κ1) is 29.2. The molecule has 0 aromatic carbocycles. The van der Waals surface area contributed by atoms with Crippen LogP contribution in [0.5, 0.6) is 6.01 Å². The molecule has 43 heavy (non-hydrogen) atoms. The molecule has 1 amide bonds. The third-order valence-electron chi connectivity index (χ3n) is 9.63. The van der Waals surface area contributed by atoms with Crippen molar-refractivity contribution in [1.82, 2.24) is 24.8 Å². The summed E-state index contributed by atoms with van der Waals surface area (Å²) in [7, 11) is 0. The molecule has 0 unspecified atom stereocenters. The van der Waals surface area contributed by atoms with Crippen LogP contribution in [-0.2, 0) is 14.2 Å². The Morgan fingerprint density at radius 2 is 2.00 bits per heavy atom. The molecule has 0 radical (unpaired) electrons. The molecular weight excluding hydrogens is 579 g/mol. The standard InChI is InChI=1S/C30H40ClFN6O5/c1-28(2,3)43-27(39)38-19-6-8-30(38)16-36(14-19)25-21-13-33-24(31)22(32)23(21)34-26(35-25)42-18-29-7-4-9-37(29)15-20(12-29)41-11-5-10-40-17-30/h13,19-20H,4-12,14-18H2,1-3H3/t19-,20+,29+,30+/m0/s1. The van der Waals surface area contributed by atoms with Crippen LogP contribution in [0.2, 0.25) is 5.15 Å². The third kappa shape index (κ3) is 5.27. The highest BCUT2D eigenvalue weighted by atomic mass is 35.5. The van der Waals surface area contributed by atoms with Crippen molar-refractivity contribution in [3.05, 3.63) is 17.2 Å². The number of anilines is 1. The Bertz CT molecular complexity index is 1410.